The van der Waals surface area contributed by atoms with Gasteiger partial charge in [0.25, 0.3) is 0 Å². The molecule has 128 valence electrons. The fourth-order valence-electron chi connectivity index (χ4n) is 3.34. The van der Waals surface area contributed by atoms with E-state index in [9.17, 15) is 4.79 Å². The minimum Gasteiger partial charge on any atom is -0.493 e. The lowest BCUT2D eigenvalue weighted by Crippen LogP contribution is -2.43. The van der Waals surface area contributed by atoms with Gasteiger partial charge in [0, 0.05) is 21.9 Å². The smallest absolute Gasteiger partial charge is 0.405 e. The average Bonchev–Trinajstić information content (AvgIpc) is 3.01. The van der Waals surface area contributed by atoms with Gasteiger partial charge in [0.1, 0.15) is 17.1 Å². The molecule has 2 aromatic carbocycles. The van der Waals surface area contributed by atoms with Crippen LogP contribution in [0.5, 0.6) is 5.75 Å². The quantitative estimate of drug-likeness (QED) is 0.703. The number of carboxylic acid groups (broad SMARTS) is 1. The van der Waals surface area contributed by atoms with Crippen molar-refractivity contribution in [3.63, 3.8) is 0 Å². The molecule has 0 fully saturated rings. The summed E-state index contributed by atoms with van der Waals surface area (Å²) in [4.78, 5) is 11.2. The first kappa shape index (κ1) is 15.6. The van der Waals surface area contributed by atoms with Gasteiger partial charge >= 0.3 is 6.09 Å². The van der Waals surface area contributed by atoms with Gasteiger partial charge in [-0.25, -0.2) is 4.79 Å². The van der Waals surface area contributed by atoms with Crippen LogP contribution < -0.4 is 10.1 Å². The molecule has 25 heavy (non-hydrogen) atoms. The summed E-state index contributed by atoms with van der Waals surface area (Å²) >= 11 is 0. The summed E-state index contributed by atoms with van der Waals surface area (Å²) in [5.74, 6) is 1.45. The van der Waals surface area contributed by atoms with Gasteiger partial charge in [-0.3, -0.25) is 0 Å². The zero-order chi connectivity index (χ0) is 17.6. The Morgan fingerprint density at radius 2 is 2.00 bits per heavy atom. The van der Waals surface area contributed by atoms with Crippen LogP contribution >= 0.6 is 0 Å². The fraction of sp³-hybridized carbons (Fsp3) is 0.250. The average molecular weight is 337 g/mol. The van der Waals surface area contributed by atoms with Crippen molar-refractivity contribution in [1.29, 1.82) is 0 Å². The van der Waals surface area contributed by atoms with Crippen LogP contribution in [0.3, 0.4) is 0 Å². The standard InChI is InChI=1S/C20H19NO4/c1-20(2)11-24-17-10-13(7-8-14(17)18(20)21-19(22)23)16-9-12-5-3-4-6-15(12)25-16/h3-10,18,21H,11H2,1-2H3,(H,22,23). The Bertz CT molecular complexity index is 924. The fourth-order valence-corrected chi connectivity index (χ4v) is 3.34. The number of furan rings is 1. The third-order valence-electron chi connectivity index (χ3n) is 4.68. The van der Waals surface area contributed by atoms with Crippen LogP contribution in [-0.4, -0.2) is 17.8 Å². The maximum atomic E-state index is 11.2. The molecule has 5 nitrogen and oxygen atoms in total. The molecular weight excluding hydrogens is 318 g/mol. The SMILES string of the molecule is CC1(C)COc2cc(-c3cc4ccccc4o3)ccc2C1NC(=O)O. The lowest BCUT2D eigenvalue weighted by Gasteiger charge is -2.39. The maximum Gasteiger partial charge on any atom is 0.405 e. The molecule has 5 heteroatoms. The Morgan fingerprint density at radius 1 is 1.20 bits per heavy atom. The molecule has 0 spiro atoms. The molecule has 4 rings (SSSR count). The zero-order valence-electron chi connectivity index (χ0n) is 14.1. The van der Waals surface area contributed by atoms with E-state index in [0.29, 0.717) is 12.4 Å². The zero-order valence-corrected chi connectivity index (χ0v) is 14.1. The summed E-state index contributed by atoms with van der Waals surface area (Å²) in [6.07, 6.45) is -1.03. The number of hydrogen-bond acceptors (Lipinski definition) is 3. The number of ether oxygens (including phenoxy) is 1. The highest BCUT2D eigenvalue weighted by molar-refractivity contribution is 5.83. The van der Waals surface area contributed by atoms with E-state index >= 15 is 0 Å². The molecule has 0 aliphatic carbocycles. The lowest BCUT2D eigenvalue weighted by atomic mass is 9.79. The highest BCUT2D eigenvalue weighted by Gasteiger charge is 2.38. The first-order valence-corrected chi connectivity index (χ1v) is 8.19. The number of fused-ring (bicyclic) bond motifs is 2. The van der Waals surface area contributed by atoms with Gasteiger partial charge in [0.2, 0.25) is 0 Å². The van der Waals surface area contributed by atoms with Crippen molar-refractivity contribution < 1.29 is 19.1 Å². The largest absolute Gasteiger partial charge is 0.493 e. The van der Waals surface area contributed by atoms with Crippen LogP contribution in [0, 0.1) is 5.41 Å². The van der Waals surface area contributed by atoms with Gasteiger partial charge in [-0.1, -0.05) is 44.2 Å². The summed E-state index contributed by atoms with van der Waals surface area (Å²) in [5.41, 5.74) is 2.26. The number of rotatable bonds is 2. The van der Waals surface area contributed by atoms with Gasteiger partial charge in [0.05, 0.1) is 12.6 Å². The molecule has 2 N–H and O–H groups in total. The summed E-state index contributed by atoms with van der Waals surface area (Å²) < 4.78 is 11.8. The topological polar surface area (TPSA) is 71.7 Å². The molecule has 0 saturated carbocycles. The first-order valence-electron chi connectivity index (χ1n) is 8.19. The van der Waals surface area contributed by atoms with Crippen molar-refractivity contribution >= 4 is 17.1 Å². The van der Waals surface area contributed by atoms with Crippen molar-refractivity contribution in [2.24, 2.45) is 5.41 Å². The molecule has 0 radical (unpaired) electrons. The molecule has 3 aromatic rings. The van der Waals surface area contributed by atoms with Crippen LogP contribution in [0.25, 0.3) is 22.3 Å². The summed E-state index contributed by atoms with van der Waals surface area (Å²) in [7, 11) is 0. The Hall–Kier alpha value is -2.95. The van der Waals surface area contributed by atoms with E-state index in [1.54, 1.807) is 0 Å². The second-order valence-corrected chi connectivity index (χ2v) is 7.06. The second kappa shape index (κ2) is 5.55. The summed E-state index contributed by atoms with van der Waals surface area (Å²) in [6.45, 7) is 4.42. The summed E-state index contributed by atoms with van der Waals surface area (Å²) in [5, 5.41) is 12.8. The molecule has 0 saturated heterocycles. The lowest BCUT2D eigenvalue weighted by molar-refractivity contribution is 0.0996. The monoisotopic (exact) mass is 337 g/mol. The molecule has 1 amide bonds. The molecule has 1 atom stereocenters. The Morgan fingerprint density at radius 3 is 2.76 bits per heavy atom. The van der Waals surface area contributed by atoms with Gasteiger partial charge in [0.15, 0.2) is 0 Å². The third-order valence-corrected chi connectivity index (χ3v) is 4.68. The minimum atomic E-state index is -1.03. The van der Waals surface area contributed by atoms with E-state index in [1.165, 1.54) is 0 Å². The number of para-hydroxylation sites is 1. The van der Waals surface area contributed by atoms with Crippen molar-refractivity contribution in [3.05, 3.63) is 54.1 Å². The number of benzene rings is 2. The third kappa shape index (κ3) is 2.71. The summed E-state index contributed by atoms with van der Waals surface area (Å²) in [6, 6.07) is 15.3. The molecule has 1 aliphatic rings. The van der Waals surface area contributed by atoms with Crippen LogP contribution in [0.2, 0.25) is 0 Å². The Kier molecular flexibility index (Phi) is 3.46. The number of nitrogens with one attached hydrogen (secondary N) is 1. The van der Waals surface area contributed by atoms with E-state index in [4.69, 9.17) is 14.3 Å². The van der Waals surface area contributed by atoms with Crippen LogP contribution in [0.1, 0.15) is 25.5 Å². The van der Waals surface area contributed by atoms with Crippen molar-refractivity contribution in [1.82, 2.24) is 5.32 Å². The van der Waals surface area contributed by atoms with Crippen molar-refractivity contribution in [2.45, 2.75) is 19.9 Å². The highest BCUT2D eigenvalue weighted by Crippen LogP contribution is 2.44. The van der Waals surface area contributed by atoms with Gasteiger partial charge < -0.3 is 19.6 Å². The normalized spacial score (nSPS) is 18.4. The Labute approximate surface area is 145 Å². The van der Waals surface area contributed by atoms with Crippen LogP contribution in [0.15, 0.2) is 52.9 Å². The molecular formula is C20H19NO4. The highest BCUT2D eigenvalue weighted by atomic mass is 16.5. The minimum absolute atomic E-state index is 0.321. The molecule has 2 heterocycles. The van der Waals surface area contributed by atoms with E-state index in [-0.39, 0.29) is 11.5 Å². The molecule has 1 aliphatic heterocycles. The van der Waals surface area contributed by atoms with Crippen molar-refractivity contribution in [3.8, 4) is 17.1 Å². The predicted octanol–water partition coefficient (Wildman–Crippen LogP) is 4.83. The van der Waals surface area contributed by atoms with Crippen LogP contribution in [-0.2, 0) is 0 Å². The molecule has 1 unspecified atom stereocenters. The number of hydrogen-bond donors (Lipinski definition) is 2. The van der Waals surface area contributed by atoms with Crippen molar-refractivity contribution in [2.75, 3.05) is 6.61 Å². The van der Waals surface area contributed by atoms with Gasteiger partial charge in [-0.05, 0) is 18.2 Å². The van der Waals surface area contributed by atoms with E-state index < -0.39 is 6.09 Å². The predicted molar refractivity (Wildman–Crippen MR) is 94.8 cm³/mol. The molecule has 0 bridgehead atoms. The van der Waals surface area contributed by atoms with E-state index in [2.05, 4.69) is 5.32 Å². The van der Waals surface area contributed by atoms with Crippen LogP contribution in [0.4, 0.5) is 4.79 Å². The van der Waals surface area contributed by atoms with E-state index in [1.807, 2.05) is 62.4 Å². The maximum absolute atomic E-state index is 11.2. The second-order valence-electron chi connectivity index (χ2n) is 7.06. The molecule has 1 aromatic heterocycles. The number of amides is 1. The van der Waals surface area contributed by atoms with E-state index in [0.717, 1.165) is 27.9 Å². The Balaban J connectivity index is 1.76. The number of carbonyl (C=O) groups is 1. The van der Waals surface area contributed by atoms with Gasteiger partial charge in [-0.2, -0.15) is 0 Å². The first-order chi connectivity index (χ1) is 11.9. The van der Waals surface area contributed by atoms with Gasteiger partial charge in [-0.15, -0.1) is 0 Å².